The van der Waals surface area contributed by atoms with Crippen LogP contribution >= 0.6 is 22.7 Å². The van der Waals surface area contributed by atoms with Gasteiger partial charge in [0.15, 0.2) is 0 Å². The van der Waals surface area contributed by atoms with E-state index in [0.29, 0.717) is 17.0 Å². The van der Waals surface area contributed by atoms with Crippen LogP contribution in [0.15, 0.2) is 41.8 Å². The lowest BCUT2D eigenvalue weighted by molar-refractivity contribution is 0.0789. The molecule has 0 spiro atoms. The minimum absolute atomic E-state index is 0.0304. The molecule has 0 aliphatic carbocycles. The molecule has 120 valence electrons. The highest BCUT2D eigenvalue weighted by molar-refractivity contribution is 7.22. The van der Waals surface area contributed by atoms with Gasteiger partial charge >= 0.3 is 0 Å². The number of aryl methyl sites for hydroxylation is 1. The molecule has 1 aromatic carbocycles. The van der Waals surface area contributed by atoms with Crippen molar-refractivity contribution in [1.82, 2.24) is 9.88 Å². The van der Waals surface area contributed by atoms with Crippen LogP contribution in [0.3, 0.4) is 0 Å². The Morgan fingerprint density at radius 2 is 2.04 bits per heavy atom. The van der Waals surface area contributed by atoms with Crippen molar-refractivity contribution in [2.75, 3.05) is 7.05 Å². The number of carbonyl (C=O) groups is 1. The SMILES string of the molecule is Cc1nc(-c2cccs2)sc1C(=O)N(C)Cc1ccc(C#N)cc1. The molecule has 0 fully saturated rings. The van der Waals surface area contributed by atoms with E-state index < -0.39 is 0 Å². The van der Waals surface area contributed by atoms with E-state index in [0.717, 1.165) is 21.1 Å². The quantitative estimate of drug-likeness (QED) is 0.702. The predicted octanol–water partition coefficient (Wildman–Crippen LogP) is 4.32. The second-order valence-electron chi connectivity index (χ2n) is 5.38. The van der Waals surface area contributed by atoms with Gasteiger partial charge < -0.3 is 4.90 Å². The second-order valence-corrected chi connectivity index (χ2v) is 7.33. The fourth-order valence-electron chi connectivity index (χ4n) is 2.30. The van der Waals surface area contributed by atoms with E-state index >= 15 is 0 Å². The van der Waals surface area contributed by atoms with Crippen molar-refractivity contribution in [3.63, 3.8) is 0 Å². The third-order valence-electron chi connectivity index (χ3n) is 3.57. The van der Waals surface area contributed by atoms with Gasteiger partial charge in [-0.25, -0.2) is 4.98 Å². The number of nitriles is 1. The number of nitrogens with zero attached hydrogens (tertiary/aromatic N) is 3. The van der Waals surface area contributed by atoms with Crippen LogP contribution in [0, 0.1) is 18.3 Å². The Morgan fingerprint density at radius 1 is 1.29 bits per heavy atom. The van der Waals surface area contributed by atoms with E-state index in [1.165, 1.54) is 11.3 Å². The first-order chi connectivity index (χ1) is 11.6. The summed E-state index contributed by atoms with van der Waals surface area (Å²) in [4.78, 5) is 20.7. The molecule has 0 unspecified atom stereocenters. The molecule has 4 nitrogen and oxygen atoms in total. The van der Waals surface area contributed by atoms with Gasteiger partial charge in [-0.3, -0.25) is 4.79 Å². The molecule has 0 N–H and O–H groups in total. The fraction of sp³-hybridized carbons (Fsp3) is 0.167. The lowest BCUT2D eigenvalue weighted by Crippen LogP contribution is -2.26. The minimum Gasteiger partial charge on any atom is -0.337 e. The summed E-state index contributed by atoms with van der Waals surface area (Å²) in [6.07, 6.45) is 0. The van der Waals surface area contributed by atoms with Gasteiger partial charge in [0.1, 0.15) is 9.88 Å². The van der Waals surface area contributed by atoms with Crippen LogP contribution in [0.5, 0.6) is 0 Å². The fourth-order valence-corrected chi connectivity index (χ4v) is 4.16. The average molecular weight is 353 g/mol. The Kier molecular flexibility index (Phi) is 4.74. The van der Waals surface area contributed by atoms with E-state index in [1.807, 2.05) is 36.6 Å². The lowest BCUT2D eigenvalue weighted by atomic mass is 10.1. The molecule has 0 saturated carbocycles. The van der Waals surface area contributed by atoms with Crippen LogP contribution in [0.4, 0.5) is 0 Å². The molecule has 0 bridgehead atoms. The largest absolute Gasteiger partial charge is 0.337 e. The van der Waals surface area contributed by atoms with Crippen LogP contribution in [-0.4, -0.2) is 22.8 Å². The molecule has 24 heavy (non-hydrogen) atoms. The highest BCUT2D eigenvalue weighted by Gasteiger charge is 2.20. The van der Waals surface area contributed by atoms with E-state index in [-0.39, 0.29) is 5.91 Å². The minimum atomic E-state index is -0.0304. The van der Waals surface area contributed by atoms with Gasteiger partial charge in [-0.05, 0) is 36.1 Å². The van der Waals surface area contributed by atoms with Crippen molar-refractivity contribution in [2.24, 2.45) is 0 Å². The Hall–Kier alpha value is -2.49. The van der Waals surface area contributed by atoms with E-state index in [4.69, 9.17) is 5.26 Å². The molecule has 0 aliphatic rings. The Balaban J connectivity index is 1.77. The Labute approximate surface area is 148 Å². The molecule has 6 heteroatoms. The van der Waals surface area contributed by atoms with Gasteiger partial charge in [-0.2, -0.15) is 5.26 Å². The number of aromatic nitrogens is 1. The van der Waals surface area contributed by atoms with Gasteiger partial charge in [0.25, 0.3) is 5.91 Å². The molecular formula is C18H15N3OS2. The maximum Gasteiger partial charge on any atom is 0.265 e. The van der Waals surface area contributed by atoms with Gasteiger partial charge in [0, 0.05) is 13.6 Å². The molecule has 0 saturated heterocycles. The van der Waals surface area contributed by atoms with Crippen LogP contribution in [0.2, 0.25) is 0 Å². The first-order valence-corrected chi connectivity index (χ1v) is 9.04. The van der Waals surface area contributed by atoms with Crippen LogP contribution in [0.1, 0.15) is 26.5 Å². The summed E-state index contributed by atoms with van der Waals surface area (Å²) in [5.41, 5.74) is 2.37. The zero-order chi connectivity index (χ0) is 17.1. The molecule has 0 aliphatic heterocycles. The number of rotatable bonds is 4. The smallest absolute Gasteiger partial charge is 0.265 e. The number of hydrogen-bond donors (Lipinski definition) is 0. The van der Waals surface area contributed by atoms with Crippen molar-refractivity contribution in [3.05, 3.63) is 63.5 Å². The maximum atomic E-state index is 12.7. The molecule has 2 aromatic heterocycles. The summed E-state index contributed by atoms with van der Waals surface area (Å²) < 4.78 is 0. The number of amides is 1. The number of benzene rings is 1. The molecular weight excluding hydrogens is 338 g/mol. The van der Waals surface area contributed by atoms with Crippen LogP contribution in [0.25, 0.3) is 9.88 Å². The molecule has 3 rings (SSSR count). The van der Waals surface area contributed by atoms with Gasteiger partial charge in [0.05, 0.1) is 22.2 Å². The summed E-state index contributed by atoms with van der Waals surface area (Å²) >= 11 is 3.06. The van der Waals surface area contributed by atoms with Crippen molar-refractivity contribution in [2.45, 2.75) is 13.5 Å². The highest BCUT2D eigenvalue weighted by atomic mass is 32.1. The number of hydrogen-bond acceptors (Lipinski definition) is 5. The van der Waals surface area contributed by atoms with Crippen molar-refractivity contribution in [1.29, 1.82) is 5.26 Å². The maximum absolute atomic E-state index is 12.7. The van der Waals surface area contributed by atoms with Crippen LogP contribution in [-0.2, 0) is 6.54 Å². The van der Waals surface area contributed by atoms with E-state index in [9.17, 15) is 4.79 Å². The van der Waals surface area contributed by atoms with Gasteiger partial charge in [0.2, 0.25) is 0 Å². The second kappa shape index (κ2) is 6.95. The molecule has 0 radical (unpaired) electrons. The normalized spacial score (nSPS) is 10.4. The number of thiophene rings is 1. The van der Waals surface area contributed by atoms with Crippen molar-refractivity contribution < 1.29 is 4.79 Å². The third-order valence-corrected chi connectivity index (χ3v) is 5.76. The van der Waals surface area contributed by atoms with Crippen LogP contribution < -0.4 is 0 Å². The Bertz CT molecular complexity index is 889. The summed E-state index contributed by atoms with van der Waals surface area (Å²) in [5, 5.41) is 11.7. The van der Waals surface area contributed by atoms with Crippen molar-refractivity contribution >= 4 is 28.6 Å². The highest BCUT2D eigenvalue weighted by Crippen LogP contribution is 2.31. The Morgan fingerprint density at radius 3 is 2.67 bits per heavy atom. The molecule has 1 amide bonds. The molecule has 3 aromatic rings. The zero-order valence-electron chi connectivity index (χ0n) is 13.3. The first kappa shape index (κ1) is 16.4. The van der Waals surface area contributed by atoms with Crippen molar-refractivity contribution in [3.8, 4) is 16.0 Å². The standard InChI is InChI=1S/C18H15N3OS2/c1-12-16(24-17(20-12)15-4-3-9-23-15)18(22)21(2)11-14-7-5-13(10-19)6-8-14/h3-9H,11H2,1-2H3. The van der Waals surface area contributed by atoms with E-state index in [2.05, 4.69) is 11.1 Å². The van der Waals surface area contributed by atoms with Gasteiger partial charge in [-0.1, -0.05) is 18.2 Å². The summed E-state index contributed by atoms with van der Waals surface area (Å²) in [7, 11) is 1.78. The number of carbonyl (C=O) groups excluding carboxylic acids is 1. The topological polar surface area (TPSA) is 57.0 Å². The predicted molar refractivity (Wildman–Crippen MR) is 97.1 cm³/mol. The van der Waals surface area contributed by atoms with E-state index in [1.54, 1.807) is 35.4 Å². The summed E-state index contributed by atoms with van der Waals surface area (Å²) in [6, 6.07) is 13.4. The average Bonchev–Trinajstić information content (AvgIpc) is 3.24. The van der Waals surface area contributed by atoms with Gasteiger partial charge in [-0.15, -0.1) is 22.7 Å². The molecule has 2 heterocycles. The lowest BCUT2D eigenvalue weighted by Gasteiger charge is -2.16. The monoisotopic (exact) mass is 353 g/mol. The number of thiazole rings is 1. The molecule has 0 atom stereocenters. The zero-order valence-corrected chi connectivity index (χ0v) is 14.9. The third kappa shape index (κ3) is 3.37. The first-order valence-electron chi connectivity index (χ1n) is 7.34. The summed E-state index contributed by atoms with van der Waals surface area (Å²) in [6.45, 7) is 2.37. The summed E-state index contributed by atoms with van der Waals surface area (Å²) in [5.74, 6) is -0.0304.